The summed E-state index contributed by atoms with van der Waals surface area (Å²) in [6.45, 7) is -0.648. The molecular weight excluding hydrogens is 519 g/mol. The zero-order valence-electron chi connectivity index (χ0n) is 18.3. The van der Waals surface area contributed by atoms with Crippen LogP contribution in [-0.4, -0.2) is 60.5 Å². The molecule has 1 aliphatic heterocycles. The van der Waals surface area contributed by atoms with Crippen LogP contribution in [0.25, 0.3) is 0 Å². The summed E-state index contributed by atoms with van der Waals surface area (Å²) in [6, 6.07) is 6.42. The molecule has 0 aliphatic carbocycles. The third kappa shape index (κ3) is 5.16. The highest BCUT2D eigenvalue weighted by atomic mass is 35.5. The van der Waals surface area contributed by atoms with Gasteiger partial charge in [0.2, 0.25) is 26.0 Å². The highest BCUT2D eigenvalue weighted by Crippen LogP contribution is 2.37. The number of amides is 1. The molecule has 0 fully saturated rings. The molecule has 0 spiro atoms. The average Bonchev–Trinajstić information content (AvgIpc) is 3.14. The molecule has 2 aromatic rings. The first-order valence-electron chi connectivity index (χ1n) is 9.74. The van der Waals surface area contributed by atoms with E-state index in [0.717, 1.165) is 16.6 Å². The van der Waals surface area contributed by atoms with Crippen molar-refractivity contribution >= 4 is 48.9 Å². The smallest absolute Gasteiger partial charge is 0.310 e. The van der Waals surface area contributed by atoms with Crippen LogP contribution in [0.4, 0.5) is 24.5 Å². The van der Waals surface area contributed by atoms with Crippen LogP contribution in [0.2, 0.25) is 5.02 Å². The summed E-state index contributed by atoms with van der Waals surface area (Å²) in [4.78, 5) is 14.4. The van der Waals surface area contributed by atoms with Gasteiger partial charge in [-0.15, -0.1) is 0 Å². The minimum absolute atomic E-state index is 0.0408. The molecule has 0 saturated heterocycles. The molecule has 34 heavy (non-hydrogen) atoms. The number of fused-ring (bicyclic) bond motifs is 1. The summed E-state index contributed by atoms with van der Waals surface area (Å²) in [5.74, 6) is -0.708. The predicted molar refractivity (Wildman–Crippen MR) is 122 cm³/mol. The van der Waals surface area contributed by atoms with E-state index in [0.29, 0.717) is 34.1 Å². The maximum Gasteiger partial charge on any atom is 0.416 e. The van der Waals surface area contributed by atoms with Gasteiger partial charge in [-0.1, -0.05) is 11.6 Å². The number of halogens is 4. The molecular formula is C20H21ClF3N3O5S2. The Labute approximate surface area is 200 Å². The number of benzene rings is 2. The molecule has 186 valence electrons. The van der Waals surface area contributed by atoms with E-state index in [4.69, 9.17) is 11.6 Å². The van der Waals surface area contributed by atoms with Crippen LogP contribution in [0.15, 0.2) is 41.3 Å². The molecule has 3 rings (SSSR count). The van der Waals surface area contributed by atoms with Gasteiger partial charge in [0.25, 0.3) is 0 Å². The lowest BCUT2D eigenvalue weighted by molar-refractivity contribution is -0.137. The van der Waals surface area contributed by atoms with Gasteiger partial charge >= 0.3 is 6.18 Å². The Morgan fingerprint density at radius 1 is 1.09 bits per heavy atom. The Hall–Kier alpha value is -2.35. The third-order valence-electron chi connectivity index (χ3n) is 5.25. The number of carbonyl (C=O) groups excluding carboxylic acids is 1. The van der Waals surface area contributed by atoms with Crippen molar-refractivity contribution in [2.75, 3.05) is 42.6 Å². The minimum atomic E-state index is -4.75. The van der Waals surface area contributed by atoms with Gasteiger partial charge in [0.1, 0.15) is 6.54 Å². The molecule has 14 heteroatoms. The van der Waals surface area contributed by atoms with Gasteiger partial charge in [0.15, 0.2) is 0 Å². The van der Waals surface area contributed by atoms with E-state index in [9.17, 15) is 34.8 Å². The van der Waals surface area contributed by atoms with Gasteiger partial charge in [-0.2, -0.15) is 13.2 Å². The first kappa shape index (κ1) is 26.3. The van der Waals surface area contributed by atoms with E-state index in [-0.39, 0.29) is 16.5 Å². The molecule has 1 aliphatic rings. The van der Waals surface area contributed by atoms with Crippen molar-refractivity contribution in [1.29, 1.82) is 0 Å². The zero-order chi connectivity index (χ0) is 25.6. The van der Waals surface area contributed by atoms with Crippen LogP contribution in [-0.2, 0) is 37.4 Å². The van der Waals surface area contributed by atoms with E-state index in [1.54, 1.807) is 0 Å². The van der Waals surface area contributed by atoms with Gasteiger partial charge in [0.05, 0.1) is 27.4 Å². The normalized spacial score (nSPS) is 14.4. The maximum atomic E-state index is 13.2. The van der Waals surface area contributed by atoms with Gasteiger partial charge < -0.3 is 4.90 Å². The highest BCUT2D eigenvalue weighted by molar-refractivity contribution is 7.92. The molecule has 0 aromatic heterocycles. The lowest BCUT2D eigenvalue weighted by atomic mass is 10.2. The van der Waals surface area contributed by atoms with Crippen molar-refractivity contribution in [1.82, 2.24) is 4.31 Å². The topological polar surface area (TPSA) is 95.1 Å². The second-order valence-corrected chi connectivity index (χ2v) is 12.3. The van der Waals surface area contributed by atoms with Crippen molar-refractivity contribution in [3.05, 3.63) is 52.5 Å². The number of anilines is 2. The molecule has 0 atom stereocenters. The molecule has 8 nitrogen and oxygen atoms in total. The monoisotopic (exact) mass is 539 g/mol. The van der Waals surface area contributed by atoms with Crippen molar-refractivity contribution < 1.29 is 34.8 Å². The molecule has 1 amide bonds. The van der Waals surface area contributed by atoms with Crippen LogP contribution >= 0.6 is 11.6 Å². The van der Waals surface area contributed by atoms with Crippen LogP contribution < -0.4 is 9.21 Å². The summed E-state index contributed by atoms with van der Waals surface area (Å²) in [5.41, 5.74) is -0.626. The van der Waals surface area contributed by atoms with Crippen LogP contribution in [0.1, 0.15) is 11.1 Å². The molecule has 0 saturated carbocycles. The number of carbonyl (C=O) groups is 1. The van der Waals surface area contributed by atoms with Crippen molar-refractivity contribution in [3.63, 3.8) is 0 Å². The second-order valence-electron chi connectivity index (χ2n) is 7.81. The minimum Gasteiger partial charge on any atom is -0.310 e. The Morgan fingerprint density at radius 2 is 1.74 bits per heavy atom. The highest BCUT2D eigenvalue weighted by Gasteiger charge is 2.34. The number of sulfonamides is 2. The summed E-state index contributed by atoms with van der Waals surface area (Å²) < 4.78 is 90.6. The van der Waals surface area contributed by atoms with E-state index < -0.39 is 49.9 Å². The van der Waals surface area contributed by atoms with Gasteiger partial charge in [-0.3, -0.25) is 9.10 Å². The molecule has 2 aromatic carbocycles. The maximum absolute atomic E-state index is 13.2. The van der Waals surface area contributed by atoms with Gasteiger partial charge in [-0.05, 0) is 48.4 Å². The number of nitrogens with zero attached hydrogens (tertiary/aromatic N) is 3. The lowest BCUT2D eigenvalue weighted by Gasteiger charge is -2.26. The first-order valence-corrected chi connectivity index (χ1v) is 13.4. The van der Waals surface area contributed by atoms with Crippen molar-refractivity contribution in [2.24, 2.45) is 0 Å². The van der Waals surface area contributed by atoms with E-state index in [1.807, 2.05) is 0 Å². The number of rotatable bonds is 6. The van der Waals surface area contributed by atoms with E-state index in [2.05, 4.69) is 0 Å². The number of hydrogen-bond acceptors (Lipinski definition) is 5. The SMILES string of the molecule is CN(C)S(=O)(=O)c1ccc2c(c1)CCN2C(=O)CN(c1cc(C(F)(F)F)ccc1Cl)S(C)(=O)=O. The summed E-state index contributed by atoms with van der Waals surface area (Å²) in [7, 11) is -5.11. The fourth-order valence-corrected chi connectivity index (χ4v) is 5.55. The van der Waals surface area contributed by atoms with E-state index >= 15 is 0 Å². The zero-order valence-corrected chi connectivity index (χ0v) is 20.7. The van der Waals surface area contributed by atoms with Crippen molar-refractivity contribution in [2.45, 2.75) is 17.5 Å². The quantitative estimate of drug-likeness (QED) is 0.562. The van der Waals surface area contributed by atoms with Crippen LogP contribution in [0.5, 0.6) is 0 Å². The molecule has 0 bridgehead atoms. The first-order chi connectivity index (χ1) is 15.5. The summed E-state index contributed by atoms with van der Waals surface area (Å²) in [5, 5.41) is -0.272. The Morgan fingerprint density at radius 3 is 2.29 bits per heavy atom. The standard InChI is InChI=1S/C20H21ClF3N3O5S2/c1-25(2)34(31,32)15-5-7-17-13(10-15)8-9-26(17)19(28)12-27(33(3,29)30)18-11-14(20(22,23)24)4-6-16(18)21/h4-7,10-11H,8-9,12H2,1-3H3. The summed E-state index contributed by atoms with van der Waals surface area (Å²) in [6.07, 6.45) is -3.67. The second kappa shape index (κ2) is 9.02. The average molecular weight is 540 g/mol. The van der Waals surface area contributed by atoms with Gasteiger partial charge in [0, 0.05) is 26.3 Å². The van der Waals surface area contributed by atoms with Crippen LogP contribution in [0, 0.1) is 0 Å². The van der Waals surface area contributed by atoms with Crippen LogP contribution in [0.3, 0.4) is 0 Å². The molecule has 0 radical (unpaired) electrons. The molecule has 0 N–H and O–H groups in total. The Bertz CT molecular complexity index is 1350. The lowest BCUT2D eigenvalue weighted by Crippen LogP contribution is -2.42. The number of hydrogen-bond donors (Lipinski definition) is 0. The largest absolute Gasteiger partial charge is 0.416 e. The Kier molecular flexibility index (Phi) is 6.97. The fraction of sp³-hybridized carbons (Fsp3) is 0.350. The molecule has 0 unspecified atom stereocenters. The molecule has 1 heterocycles. The predicted octanol–water partition coefficient (Wildman–Crippen LogP) is 2.96. The van der Waals surface area contributed by atoms with Gasteiger partial charge in [-0.25, -0.2) is 21.1 Å². The summed E-state index contributed by atoms with van der Waals surface area (Å²) >= 11 is 6.00. The third-order valence-corrected chi connectivity index (χ3v) is 8.50. The fourth-order valence-electron chi connectivity index (χ4n) is 3.48. The van der Waals surface area contributed by atoms with Crippen molar-refractivity contribution in [3.8, 4) is 0 Å². The number of alkyl halides is 3. The Balaban J connectivity index is 1.95. The van der Waals surface area contributed by atoms with E-state index in [1.165, 1.54) is 37.2 Å².